The van der Waals surface area contributed by atoms with Gasteiger partial charge in [0.15, 0.2) is 0 Å². The summed E-state index contributed by atoms with van der Waals surface area (Å²) in [5.41, 5.74) is -1.31. The van der Waals surface area contributed by atoms with Crippen LogP contribution < -0.4 is 10.6 Å². The molecule has 84 valence electrons. The molecule has 0 aliphatic heterocycles. The van der Waals surface area contributed by atoms with Crippen LogP contribution in [0, 0.1) is 0 Å². The molecule has 0 aliphatic rings. The third-order valence-corrected chi connectivity index (χ3v) is 1.91. The number of carbonyl (C=O) groups excluding carboxylic acids is 1. The number of hydrogen-bond donors (Lipinski definition) is 5. The zero-order chi connectivity index (χ0) is 11.0. The second kappa shape index (κ2) is 6.72. The van der Waals surface area contributed by atoms with E-state index >= 15 is 0 Å². The highest BCUT2D eigenvalue weighted by Gasteiger charge is 2.29. The fourth-order valence-electron chi connectivity index (χ4n) is 0.865. The number of hydrogen-bond acceptors (Lipinski definition) is 5. The monoisotopic (exact) mass is 206 g/mol. The van der Waals surface area contributed by atoms with Crippen molar-refractivity contribution in [1.29, 1.82) is 0 Å². The van der Waals surface area contributed by atoms with Gasteiger partial charge >= 0.3 is 0 Å². The van der Waals surface area contributed by atoms with Gasteiger partial charge in [0.1, 0.15) is 5.54 Å². The van der Waals surface area contributed by atoms with E-state index in [9.17, 15) is 4.79 Å². The number of aliphatic hydroxyl groups excluding tert-OH is 3. The third kappa shape index (κ3) is 4.01. The summed E-state index contributed by atoms with van der Waals surface area (Å²) < 4.78 is 0. The quantitative estimate of drug-likeness (QED) is 0.315. The first-order valence-electron chi connectivity index (χ1n) is 4.42. The number of rotatable bonds is 7. The van der Waals surface area contributed by atoms with Crippen LogP contribution in [0.5, 0.6) is 0 Å². The molecule has 6 nitrogen and oxygen atoms in total. The third-order valence-electron chi connectivity index (χ3n) is 1.91. The largest absolute Gasteiger partial charge is 0.394 e. The van der Waals surface area contributed by atoms with Crippen molar-refractivity contribution < 1.29 is 20.1 Å². The molecule has 0 radical (unpaired) electrons. The molecule has 0 bridgehead atoms. The van der Waals surface area contributed by atoms with Gasteiger partial charge in [-0.2, -0.15) is 0 Å². The summed E-state index contributed by atoms with van der Waals surface area (Å²) in [6, 6.07) is 0. The molecule has 14 heavy (non-hydrogen) atoms. The highest BCUT2D eigenvalue weighted by Crippen LogP contribution is 2.01. The molecular weight excluding hydrogens is 188 g/mol. The zero-order valence-electron chi connectivity index (χ0n) is 8.29. The molecule has 0 aliphatic carbocycles. The highest BCUT2D eigenvalue weighted by molar-refractivity contribution is 5.77. The standard InChI is InChI=1S/C8H18N2O4/c1-9-3-2-7(14)10-8(4-11,5-12)6-13/h9,11-13H,2-6H2,1H3,(H,10,14). The molecule has 5 N–H and O–H groups in total. The van der Waals surface area contributed by atoms with E-state index in [1.165, 1.54) is 0 Å². The summed E-state index contributed by atoms with van der Waals surface area (Å²) in [6.07, 6.45) is 0.234. The van der Waals surface area contributed by atoms with Crippen LogP contribution in [-0.4, -0.2) is 60.2 Å². The summed E-state index contributed by atoms with van der Waals surface area (Å²) in [4.78, 5) is 11.2. The van der Waals surface area contributed by atoms with Crippen molar-refractivity contribution in [2.45, 2.75) is 12.0 Å². The fourth-order valence-corrected chi connectivity index (χ4v) is 0.865. The van der Waals surface area contributed by atoms with E-state index in [1.807, 2.05) is 0 Å². The SMILES string of the molecule is CNCCC(=O)NC(CO)(CO)CO. The Bertz CT molecular complexity index is 162. The first-order chi connectivity index (χ1) is 6.64. The van der Waals surface area contributed by atoms with Gasteiger partial charge in [0, 0.05) is 13.0 Å². The molecule has 0 rings (SSSR count). The first-order valence-corrected chi connectivity index (χ1v) is 4.42. The van der Waals surface area contributed by atoms with Gasteiger partial charge in [-0.15, -0.1) is 0 Å². The van der Waals surface area contributed by atoms with Gasteiger partial charge in [-0.1, -0.05) is 0 Å². The van der Waals surface area contributed by atoms with Crippen LogP contribution in [0.25, 0.3) is 0 Å². The van der Waals surface area contributed by atoms with Crippen molar-refractivity contribution in [3.8, 4) is 0 Å². The maximum Gasteiger partial charge on any atom is 0.221 e. The molecule has 0 aromatic heterocycles. The van der Waals surface area contributed by atoms with Crippen LogP contribution in [0.2, 0.25) is 0 Å². The Morgan fingerprint density at radius 2 is 1.71 bits per heavy atom. The topological polar surface area (TPSA) is 102 Å². The lowest BCUT2D eigenvalue weighted by atomic mass is 10.0. The summed E-state index contributed by atoms with van der Waals surface area (Å²) in [5, 5.41) is 31.9. The van der Waals surface area contributed by atoms with Crippen molar-refractivity contribution in [2.75, 3.05) is 33.4 Å². The normalized spacial score (nSPS) is 11.4. The molecule has 0 aromatic carbocycles. The van der Waals surface area contributed by atoms with Gasteiger partial charge in [0.2, 0.25) is 5.91 Å². The average Bonchev–Trinajstić information content (AvgIpc) is 2.23. The summed E-state index contributed by atoms with van der Waals surface area (Å²) in [5.74, 6) is -0.323. The van der Waals surface area contributed by atoms with E-state index < -0.39 is 25.4 Å². The van der Waals surface area contributed by atoms with Crippen LogP contribution >= 0.6 is 0 Å². The summed E-state index contributed by atoms with van der Waals surface area (Å²) in [7, 11) is 1.71. The van der Waals surface area contributed by atoms with E-state index in [-0.39, 0.29) is 12.3 Å². The van der Waals surface area contributed by atoms with E-state index in [4.69, 9.17) is 15.3 Å². The Kier molecular flexibility index (Phi) is 6.39. The second-order valence-corrected chi connectivity index (χ2v) is 3.16. The smallest absolute Gasteiger partial charge is 0.221 e. The van der Waals surface area contributed by atoms with Crippen LogP contribution in [0.15, 0.2) is 0 Å². The van der Waals surface area contributed by atoms with Crippen molar-refractivity contribution in [1.82, 2.24) is 10.6 Å². The van der Waals surface area contributed by atoms with Gasteiger partial charge in [0.05, 0.1) is 19.8 Å². The first kappa shape index (κ1) is 13.3. The molecule has 6 heteroatoms. The minimum Gasteiger partial charge on any atom is -0.394 e. The van der Waals surface area contributed by atoms with Gasteiger partial charge < -0.3 is 26.0 Å². The molecule has 0 saturated carbocycles. The van der Waals surface area contributed by atoms with E-state index in [1.54, 1.807) is 7.05 Å². The lowest BCUT2D eigenvalue weighted by molar-refractivity contribution is -0.125. The Morgan fingerprint density at radius 3 is 2.07 bits per heavy atom. The lowest BCUT2D eigenvalue weighted by Gasteiger charge is -2.28. The number of nitrogens with one attached hydrogen (secondary N) is 2. The Balaban J connectivity index is 4.08. The van der Waals surface area contributed by atoms with E-state index in [2.05, 4.69) is 10.6 Å². The lowest BCUT2D eigenvalue weighted by Crippen LogP contribution is -2.57. The highest BCUT2D eigenvalue weighted by atomic mass is 16.3. The molecule has 1 amide bonds. The number of carbonyl (C=O) groups is 1. The molecule has 0 saturated heterocycles. The van der Waals surface area contributed by atoms with Crippen LogP contribution in [0.4, 0.5) is 0 Å². The van der Waals surface area contributed by atoms with E-state index in [0.717, 1.165) is 0 Å². The zero-order valence-corrected chi connectivity index (χ0v) is 8.29. The van der Waals surface area contributed by atoms with Gasteiger partial charge in [-0.25, -0.2) is 0 Å². The van der Waals surface area contributed by atoms with Gasteiger partial charge in [-0.05, 0) is 7.05 Å². The maximum atomic E-state index is 11.2. The van der Waals surface area contributed by atoms with Crippen LogP contribution in [-0.2, 0) is 4.79 Å². The van der Waals surface area contributed by atoms with Gasteiger partial charge in [-0.3, -0.25) is 4.79 Å². The van der Waals surface area contributed by atoms with Crippen molar-refractivity contribution in [3.05, 3.63) is 0 Å². The fraction of sp³-hybridized carbons (Fsp3) is 0.875. The molecule has 0 unspecified atom stereocenters. The average molecular weight is 206 g/mol. The minimum atomic E-state index is -1.31. The number of aliphatic hydroxyl groups is 3. The van der Waals surface area contributed by atoms with Crippen molar-refractivity contribution >= 4 is 5.91 Å². The van der Waals surface area contributed by atoms with Crippen LogP contribution in [0.1, 0.15) is 6.42 Å². The Labute approximate surface area is 82.9 Å². The predicted octanol–water partition coefficient (Wildman–Crippen LogP) is -2.57. The second-order valence-electron chi connectivity index (χ2n) is 3.16. The molecule has 0 aromatic rings. The van der Waals surface area contributed by atoms with Crippen molar-refractivity contribution in [2.24, 2.45) is 0 Å². The Morgan fingerprint density at radius 1 is 1.21 bits per heavy atom. The summed E-state index contributed by atoms with van der Waals surface area (Å²) >= 11 is 0. The summed E-state index contributed by atoms with van der Waals surface area (Å²) in [6.45, 7) is -0.980. The van der Waals surface area contributed by atoms with Gasteiger partial charge in [0.25, 0.3) is 0 Å². The Hall–Kier alpha value is -0.690. The molecular formula is C8H18N2O4. The molecule has 0 heterocycles. The van der Waals surface area contributed by atoms with Crippen LogP contribution in [0.3, 0.4) is 0 Å². The number of amides is 1. The maximum absolute atomic E-state index is 11.2. The minimum absolute atomic E-state index is 0.234. The predicted molar refractivity (Wildman–Crippen MR) is 50.7 cm³/mol. The van der Waals surface area contributed by atoms with E-state index in [0.29, 0.717) is 6.54 Å². The molecule has 0 spiro atoms. The molecule has 0 atom stereocenters. The molecule has 0 fully saturated rings. The van der Waals surface area contributed by atoms with Crippen molar-refractivity contribution in [3.63, 3.8) is 0 Å².